The van der Waals surface area contributed by atoms with E-state index in [-0.39, 0.29) is 25.5 Å². The minimum absolute atomic E-state index is 0.0641. The van der Waals surface area contributed by atoms with Gasteiger partial charge in [0.25, 0.3) is 0 Å². The summed E-state index contributed by atoms with van der Waals surface area (Å²) >= 11 is 0. The maximum atomic E-state index is 12.6. The van der Waals surface area contributed by atoms with Gasteiger partial charge in [-0.3, -0.25) is 4.79 Å². The van der Waals surface area contributed by atoms with Crippen LogP contribution >= 0.6 is 0 Å². The molecule has 0 bridgehead atoms. The van der Waals surface area contributed by atoms with E-state index in [2.05, 4.69) is 17.4 Å². The van der Waals surface area contributed by atoms with E-state index < -0.39 is 17.5 Å². The molecule has 182 valence electrons. The van der Waals surface area contributed by atoms with Gasteiger partial charge in [-0.1, -0.05) is 54.6 Å². The smallest absolute Gasteiger partial charge is 0.407 e. The number of fused-ring (bicyclic) bond motifs is 3. The number of amides is 1. The van der Waals surface area contributed by atoms with E-state index in [0.29, 0.717) is 11.5 Å². The van der Waals surface area contributed by atoms with E-state index in [1.807, 2.05) is 36.4 Å². The van der Waals surface area contributed by atoms with E-state index >= 15 is 0 Å². The van der Waals surface area contributed by atoms with E-state index in [0.717, 1.165) is 27.8 Å². The molecule has 0 saturated heterocycles. The molecule has 1 amide bonds. The Morgan fingerprint density at radius 2 is 1.51 bits per heavy atom. The van der Waals surface area contributed by atoms with Crippen molar-refractivity contribution in [1.29, 1.82) is 0 Å². The minimum Gasteiger partial charge on any atom is -0.493 e. The zero-order chi connectivity index (χ0) is 25.0. The monoisotopic (exact) mass is 475 g/mol. The van der Waals surface area contributed by atoms with Crippen LogP contribution in [-0.2, 0) is 16.0 Å². The molecule has 0 fully saturated rings. The van der Waals surface area contributed by atoms with Crippen molar-refractivity contribution in [3.05, 3.63) is 83.4 Å². The van der Waals surface area contributed by atoms with E-state index in [4.69, 9.17) is 14.2 Å². The van der Waals surface area contributed by atoms with Crippen molar-refractivity contribution >= 4 is 12.1 Å². The molecule has 2 N–H and O–H groups in total. The number of ether oxygens (including phenoxy) is 3. The Kier molecular flexibility index (Phi) is 6.96. The second-order valence-corrected chi connectivity index (χ2v) is 8.91. The van der Waals surface area contributed by atoms with Crippen LogP contribution in [0.4, 0.5) is 4.79 Å². The predicted molar refractivity (Wildman–Crippen MR) is 132 cm³/mol. The summed E-state index contributed by atoms with van der Waals surface area (Å²) in [6.45, 7) is 1.67. The van der Waals surface area contributed by atoms with Gasteiger partial charge in [0, 0.05) is 12.5 Å². The fourth-order valence-corrected chi connectivity index (χ4v) is 4.57. The number of benzene rings is 3. The first-order chi connectivity index (χ1) is 16.9. The third-order valence-electron chi connectivity index (χ3n) is 6.53. The predicted octanol–water partition coefficient (Wildman–Crippen LogP) is 4.88. The summed E-state index contributed by atoms with van der Waals surface area (Å²) in [6, 6.07) is 21.4. The van der Waals surface area contributed by atoms with Gasteiger partial charge in [-0.25, -0.2) is 4.79 Å². The van der Waals surface area contributed by atoms with Crippen molar-refractivity contribution in [3.8, 4) is 22.6 Å². The summed E-state index contributed by atoms with van der Waals surface area (Å²) in [5.41, 5.74) is 4.03. The van der Waals surface area contributed by atoms with Crippen LogP contribution in [0.2, 0.25) is 0 Å². The fraction of sp³-hybridized carbons (Fsp3) is 0.286. The summed E-state index contributed by atoms with van der Waals surface area (Å²) in [6.07, 6.45) is -0.460. The summed E-state index contributed by atoms with van der Waals surface area (Å²) in [5.74, 6) is -0.00993. The van der Waals surface area contributed by atoms with Gasteiger partial charge in [0.05, 0.1) is 19.6 Å². The van der Waals surface area contributed by atoms with Gasteiger partial charge in [0.1, 0.15) is 6.61 Å². The van der Waals surface area contributed by atoms with E-state index in [9.17, 15) is 14.7 Å². The highest BCUT2D eigenvalue weighted by atomic mass is 16.5. The molecule has 7 nitrogen and oxygen atoms in total. The van der Waals surface area contributed by atoms with Crippen LogP contribution in [-0.4, -0.2) is 44.5 Å². The Hall–Kier alpha value is -4.00. The Balaban J connectivity index is 1.40. The molecule has 1 aliphatic rings. The van der Waals surface area contributed by atoms with Gasteiger partial charge in [0.2, 0.25) is 0 Å². The summed E-state index contributed by atoms with van der Waals surface area (Å²) in [5, 5.41) is 12.6. The number of hydrogen-bond acceptors (Lipinski definition) is 5. The Bertz CT molecular complexity index is 1190. The standard InChI is InChI=1S/C28H29NO6/c1-28(26(30)31,15-18-12-13-24(33-2)25(14-18)34-3)17-29-27(32)35-16-23-21-10-6-4-8-19(21)20-9-5-7-11-22(20)23/h4-14,23H,15-17H2,1-3H3,(H,29,32)(H,30,31). The van der Waals surface area contributed by atoms with Crippen molar-refractivity contribution < 1.29 is 28.9 Å². The molecular formula is C28H29NO6. The van der Waals surface area contributed by atoms with Crippen LogP contribution in [0, 0.1) is 5.41 Å². The van der Waals surface area contributed by atoms with Gasteiger partial charge in [-0.15, -0.1) is 0 Å². The quantitative estimate of drug-likeness (QED) is 0.458. The number of methoxy groups -OCH3 is 2. The molecule has 0 saturated carbocycles. The molecule has 0 radical (unpaired) electrons. The van der Waals surface area contributed by atoms with Crippen molar-refractivity contribution in [2.45, 2.75) is 19.3 Å². The third-order valence-corrected chi connectivity index (χ3v) is 6.53. The van der Waals surface area contributed by atoms with Crippen molar-refractivity contribution in [2.75, 3.05) is 27.4 Å². The highest BCUT2D eigenvalue weighted by molar-refractivity contribution is 5.79. The molecule has 0 aliphatic heterocycles. The van der Waals surface area contributed by atoms with Crippen LogP contribution in [0.1, 0.15) is 29.5 Å². The third kappa shape index (κ3) is 4.94. The number of rotatable bonds is 9. The van der Waals surface area contributed by atoms with Gasteiger partial charge >= 0.3 is 12.1 Å². The molecule has 0 heterocycles. The number of aliphatic carboxylic acids is 1. The maximum Gasteiger partial charge on any atom is 0.407 e. The molecular weight excluding hydrogens is 446 g/mol. The SMILES string of the molecule is COc1ccc(CC(C)(CNC(=O)OCC2c3ccccc3-c3ccccc32)C(=O)O)cc1OC. The molecule has 1 atom stereocenters. The molecule has 35 heavy (non-hydrogen) atoms. The van der Waals surface area contributed by atoms with E-state index in [1.165, 1.54) is 14.2 Å². The summed E-state index contributed by atoms with van der Waals surface area (Å²) < 4.78 is 16.1. The zero-order valence-electron chi connectivity index (χ0n) is 20.0. The van der Waals surface area contributed by atoms with Crippen LogP contribution in [0.5, 0.6) is 11.5 Å². The number of hydrogen-bond donors (Lipinski definition) is 2. The number of carboxylic acids is 1. The average molecular weight is 476 g/mol. The first-order valence-electron chi connectivity index (χ1n) is 11.4. The lowest BCUT2D eigenvalue weighted by atomic mass is 9.83. The molecule has 0 aromatic heterocycles. The van der Waals surface area contributed by atoms with Crippen molar-refractivity contribution in [2.24, 2.45) is 5.41 Å². The molecule has 4 rings (SSSR count). The highest BCUT2D eigenvalue weighted by Gasteiger charge is 2.35. The second kappa shape index (κ2) is 10.1. The first-order valence-corrected chi connectivity index (χ1v) is 11.4. The molecule has 1 unspecified atom stereocenters. The first kappa shape index (κ1) is 24.1. The lowest BCUT2D eigenvalue weighted by Gasteiger charge is -2.25. The summed E-state index contributed by atoms with van der Waals surface area (Å²) in [4.78, 5) is 24.7. The fourth-order valence-electron chi connectivity index (χ4n) is 4.57. The van der Waals surface area contributed by atoms with Crippen LogP contribution in [0.25, 0.3) is 11.1 Å². The average Bonchev–Trinajstić information content (AvgIpc) is 3.19. The minimum atomic E-state index is -1.24. The lowest BCUT2D eigenvalue weighted by Crippen LogP contribution is -2.43. The largest absolute Gasteiger partial charge is 0.493 e. The molecule has 3 aromatic rings. The van der Waals surface area contributed by atoms with Crippen LogP contribution in [0.15, 0.2) is 66.7 Å². The van der Waals surface area contributed by atoms with Gasteiger partial charge in [0.15, 0.2) is 11.5 Å². The molecule has 0 spiro atoms. The number of carbonyl (C=O) groups is 2. The van der Waals surface area contributed by atoms with Gasteiger partial charge < -0.3 is 24.6 Å². The topological polar surface area (TPSA) is 94.1 Å². The zero-order valence-corrected chi connectivity index (χ0v) is 20.0. The number of alkyl carbamates (subject to hydrolysis) is 1. The Morgan fingerprint density at radius 1 is 0.914 bits per heavy atom. The Morgan fingerprint density at radius 3 is 2.09 bits per heavy atom. The highest BCUT2D eigenvalue weighted by Crippen LogP contribution is 2.44. The number of carboxylic acid groups (broad SMARTS) is 1. The van der Waals surface area contributed by atoms with Gasteiger partial charge in [-0.2, -0.15) is 0 Å². The number of carbonyl (C=O) groups excluding carboxylic acids is 1. The Labute approximate surface area is 204 Å². The van der Waals surface area contributed by atoms with E-state index in [1.54, 1.807) is 25.1 Å². The van der Waals surface area contributed by atoms with Crippen molar-refractivity contribution in [3.63, 3.8) is 0 Å². The normalized spacial score (nSPS) is 13.8. The molecule has 1 aliphatic carbocycles. The molecule has 3 aromatic carbocycles. The van der Waals surface area contributed by atoms with Crippen molar-refractivity contribution in [1.82, 2.24) is 5.32 Å². The molecule has 7 heteroatoms. The number of nitrogens with one attached hydrogen (secondary N) is 1. The summed E-state index contributed by atoms with van der Waals surface area (Å²) in [7, 11) is 3.06. The van der Waals surface area contributed by atoms with Crippen LogP contribution < -0.4 is 14.8 Å². The van der Waals surface area contributed by atoms with Crippen LogP contribution in [0.3, 0.4) is 0 Å². The lowest BCUT2D eigenvalue weighted by molar-refractivity contribution is -0.147. The van der Waals surface area contributed by atoms with Gasteiger partial charge in [-0.05, 0) is 53.3 Å². The maximum absolute atomic E-state index is 12.6. The second-order valence-electron chi connectivity index (χ2n) is 8.91.